The van der Waals surface area contributed by atoms with Gasteiger partial charge in [-0.3, -0.25) is 14.3 Å². The Labute approximate surface area is 227 Å². The zero-order valence-electron chi connectivity index (χ0n) is 20.3. The van der Waals surface area contributed by atoms with Crippen molar-refractivity contribution in [1.82, 2.24) is 44.5 Å². The van der Waals surface area contributed by atoms with Gasteiger partial charge < -0.3 is 35.7 Å². The summed E-state index contributed by atoms with van der Waals surface area (Å²) in [5, 5.41) is 32.0. The van der Waals surface area contributed by atoms with Crippen LogP contribution >= 0.6 is 18.8 Å². The smallest absolute Gasteiger partial charge is 0.282 e. The number of aromatic nitrogens is 9. The third-order valence-corrected chi connectivity index (χ3v) is 9.75. The fraction of sp³-hybridized carbons (Fsp3) is 0.526. The van der Waals surface area contributed by atoms with Crippen molar-refractivity contribution in [2.45, 2.75) is 48.9 Å². The molecular weight excluding hydrogens is 576 g/mol. The van der Waals surface area contributed by atoms with Crippen molar-refractivity contribution in [1.29, 1.82) is 0 Å². The van der Waals surface area contributed by atoms with Crippen molar-refractivity contribution < 1.29 is 33.2 Å². The number of alkyl halides is 1. The number of H-pyrrole nitrogens is 1. The normalized spacial score (nSPS) is 30.4. The van der Waals surface area contributed by atoms with Gasteiger partial charge in [-0.25, -0.2) is 14.4 Å². The zero-order valence-corrected chi connectivity index (χ0v) is 22.0. The number of fused-ring (bicyclic) bond motifs is 2. The van der Waals surface area contributed by atoms with Crippen molar-refractivity contribution >= 4 is 47.5 Å². The van der Waals surface area contributed by atoms with Gasteiger partial charge in [0.05, 0.1) is 31.6 Å². The van der Waals surface area contributed by atoms with Gasteiger partial charge in [-0.05, 0) is 0 Å². The van der Waals surface area contributed by atoms with Crippen LogP contribution in [0.25, 0.3) is 16.8 Å². The molecular formula is C19H23FN11O7PS. The number of thiol groups is 1. The van der Waals surface area contributed by atoms with Crippen LogP contribution in [-0.2, 0) is 18.6 Å². The number of halogens is 1. The van der Waals surface area contributed by atoms with Gasteiger partial charge in [0.15, 0.2) is 23.0 Å². The molecule has 40 heavy (non-hydrogen) atoms. The van der Waals surface area contributed by atoms with E-state index in [1.54, 1.807) is 0 Å². The summed E-state index contributed by atoms with van der Waals surface area (Å²) in [5.74, 6) is -0.151. The summed E-state index contributed by atoms with van der Waals surface area (Å²) in [5.41, 5.74) is 9.67. The maximum absolute atomic E-state index is 15.5. The Bertz CT molecular complexity index is 1690. The molecule has 0 radical (unpaired) electrons. The lowest BCUT2D eigenvalue weighted by Crippen LogP contribution is -2.32. The topological polar surface area (TPSA) is 257 Å². The van der Waals surface area contributed by atoms with Crippen LogP contribution in [0.2, 0.25) is 0 Å². The first kappa shape index (κ1) is 26.9. The third-order valence-electron chi connectivity index (χ3n) is 6.79. The summed E-state index contributed by atoms with van der Waals surface area (Å²) < 4.78 is 48.6. The summed E-state index contributed by atoms with van der Waals surface area (Å²) in [6.07, 6.45) is -4.71. The second-order valence-corrected chi connectivity index (χ2v) is 12.9. The molecule has 21 heteroatoms. The Morgan fingerprint density at radius 3 is 2.85 bits per heavy atom. The highest BCUT2D eigenvalue weighted by atomic mass is 32.7. The number of nitrogens with zero attached hydrogens (tertiary/aromatic N) is 8. The largest absolute Gasteiger partial charge is 0.394 e. The van der Waals surface area contributed by atoms with Crippen LogP contribution in [0.3, 0.4) is 0 Å². The molecule has 6 rings (SSSR count). The lowest BCUT2D eigenvalue weighted by atomic mass is 10.1. The van der Waals surface area contributed by atoms with Gasteiger partial charge in [0, 0.05) is 12.0 Å². The lowest BCUT2D eigenvalue weighted by Gasteiger charge is -2.26. The van der Waals surface area contributed by atoms with E-state index in [1.807, 2.05) is 0 Å². The number of aromatic amines is 1. The van der Waals surface area contributed by atoms with Gasteiger partial charge in [-0.15, -0.1) is 5.10 Å². The second-order valence-electron chi connectivity index (χ2n) is 9.23. The van der Waals surface area contributed by atoms with E-state index in [0.29, 0.717) is 11.2 Å². The van der Waals surface area contributed by atoms with E-state index >= 15 is 4.39 Å². The monoisotopic (exact) mass is 599 g/mol. The average Bonchev–Trinajstić information content (AvgIpc) is 3.67. The molecule has 4 aromatic rings. The van der Waals surface area contributed by atoms with Crippen LogP contribution in [0.4, 0.5) is 16.3 Å². The van der Waals surface area contributed by atoms with E-state index in [1.165, 1.54) is 17.0 Å². The van der Waals surface area contributed by atoms with Gasteiger partial charge in [0.2, 0.25) is 11.9 Å². The van der Waals surface area contributed by atoms with E-state index in [0.717, 1.165) is 4.68 Å². The molecule has 214 valence electrons. The number of hydrogen-bond donors (Lipinski definition) is 6. The van der Waals surface area contributed by atoms with E-state index < -0.39 is 67.8 Å². The van der Waals surface area contributed by atoms with Gasteiger partial charge in [0.25, 0.3) is 12.1 Å². The summed E-state index contributed by atoms with van der Waals surface area (Å²) in [6, 6.07) is 0. The highest BCUT2D eigenvalue weighted by Gasteiger charge is 2.56. The molecule has 2 saturated heterocycles. The fourth-order valence-electron chi connectivity index (χ4n) is 4.85. The van der Waals surface area contributed by atoms with Crippen LogP contribution < -0.4 is 17.0 Å². The number of hydrogen-bond acceptors (Lipinski definition) is 15. The minimum atomic E-state index is -4.25. The standard InChI is InChI=1S/C19H23FN11O7PS/c20-11-9(3-32)38-17(30-15-12(28-29-30)16(34)27-18(21)26-15)13(11)39(35,40)36-4-10-7(33)1-8(37-10)6-2-25-31-14(6)23-5-24-19(31)22/h2,5,7-11,13,17,32-33H,1,3-4H2,(H,35,40)(H2,22,23,24)(H3,21,26,27,34)/t7-,8+,9?,10+,11-,13+,17+,39?/m0/s1. The number of nitrogens with two attached hydrogens (primary N) is 2. The minimum Gasteiger partial charge on any atom is -0.394 e. The van der Waals surface area contributed by atoms with Gasteiger partial charge in [-0.1, -0.05) is 17.5 Å². The van der Waals surface area contributed by atoms with E-state index in [9.17, 15) is 19.6 Å². The highest BCUT2D eigenvalue weighted by molar-refractivity contribution is 8.46. The number of nitrogen functional groups attached to an aromatic ring is 2. The Kier molecular flexibility index (Phi) is 6.72. The summed E-state index contributed by atoms with van der Waals surface area (Å²) >= 11 is 4.17. The molecule has 0 aliphatic carbocycles. The molecule has 8 atom stereocenters. The second kappa shape index (κ2) is 9.98. The molecule has 2 unspecified atom stereocenters. The quantitative estimate of drug-likeness (QED) is 0.107. The van der Waals surface area contributed by atoms with Crippen LogP contribution in [0.15, 0.2) is 17.3 Å². The molecule has 2 fully saturated rings. The number of nitrogens with one attached hydrogen (secondary N) is 1. The van der Waals surface area contributed by atoms with Crippen molar-refractivity contribution in [2.24, 2.45) is 0 Å². The molecule has 0 bridgehead atoms. The molecule has 0 amide bonds. The third kappa shape index (κ3) is 4.41. The zero-order chi connectivity index (χ0) is 28.3. The van der Waals surface area contributed by atoms with Crippen LogP contribution in [0.5, 0.6) is 0 Å². The summed E-state index contributed by atoms with van der Waals surface area (Å²) in [6.45, 7) is -5.44. The average molecular weight is 600 g/mol. The summed E-state index contributed by atoms with van der Waals surface area (Å²) in [7, 11) is 0. The van der Waals surface area contributed by atoms with Gasteiger partial charge in [0.1, 0.15) is 30.4 Å². The van der Waals surface area contributed by atoms with E-state index in [4.69, 9.17) is 25.5 Å². The Hall–Kier alpha value is -3.26. The first-order chi connectivity index (χ1) is 19.1. The Morgan fingerprint density at radius 2 is 2.08 bits per heavy atom. The Morgan fingerprint density at radius 1 is 1.27 bits per heavy atom. The van der Waals surface area contributed by atoms with Gasteiger partial charge >= 0.3 is 0 Å². The predicted molar refractivity (Wildman–Crippen MR) is 136 cm³/mol. The van der Waals surface area contributed by atoms with Crippen molar-refractivity contribution in [3.05, 3.63) is 28.4 Å². The maximum atomic E-state index is 15.5. The van der Waals surface area contributed by atoms with Gasteiger partial charge in [-0.2, -0.15) is 19.3 Å². The molecule has 4 aromatic heterocycles. The first-order valence-corrected chi connectivity index (χ1v) is 14.7. The molecule has 18 nitrogen and oxygen atoms in total. The van der Waals surface area contributed by atoms with Crippen molar-refractivity contribution in [3.8, 4) is 0 Å². The number of aliphatic hydroxyl groups is 2. The van der Waals surface area contributed by atoms with E-state index in [-0.39, 0.29) is 29.5 Å². The lowest BCUT2D eigenvalue weighted by molar-refractivity contribution is -0.0380. The molecule has 7 N–H and O–H groups in total. The summed E-state index contributed by atoms with van der Waals surface area (Å²) in [4.78, 5) is 26.4. The molecule has 2 aliphatic heterocycles. The Balaban J connectivity index is 1.23. The first-order valence-electron chi connectivity index (χ1n) is 11.8. The molecule has 6 heterocycles. The van der Waals surface area contributed by atoms with Crippen LogP contribution in [-0.4, -0.2) is 98.1 Å². The minimum absolute atomic E-state index is 0.114. The fourth-order valence-corrected chi connectivity index (χ4v) is 7.38. The van der Waals surface area contributed by atoms with Crippen molar-refractivity contribution in [3.63, 3.8) is 0 Å². The molecule has 0 spiro atoms. The number of ether oxygens (including phenoxy) is 2. The SMILES string of the molecule is Nc1nc2c(nnn2[C@@H]2OC(CO)[C@H](F)[C@H]2P(=O)(S)OC[C@H]2O[C@@H](c3cnn4c(N)ncnc34)C[C@@H]2O)c(=O)[nH]1. The molecule has 2 aliphatic rings. The van der Waals surface area contributed by atoms with Crippen LogP contribution in [0.1, 0.15) is 24.3 Å². The molecule has 0 saturated carbocycles. The number of aliphatic hydroxyl groups excluding tert-OH is 2. The maximum Gasteiger partial charge on any atom is 0.282 e. The number of rotatable bonds is 7. The number of anilines is 2. The van der Waals surface area contributed by atoms with E-state index in [2.05, 4.69) is 47.6 Å². The van der Waals surface area contributed by atoms with Crippen molar-refractivity contribution in [2.75, 3.05) is 24.7 Å². The highest BCUT2D eigenvalue weighted by Crippen LogP contribution is 2.64. The molecule has 0 aromatic carbocycles. The van der Waals surface area contributed by atoms with Crippen LogP contribution in [0, 0.1) is 0 Å². The predicted octanol–water partition coefficient (Wildman–Crippen LogP) is -1.26.